The van der Waals surface area contributed by atoms with Crippen molar-refractivity contribution in [3.63, 3.8) is 0 Å². The number of nitrogens with one attached hydrogen (secondary N) is 2. The van der Waals surface area contributed by atoms with Crippen molar-refractivity contribution < 1.29 is 32.3 Å². The van der Waals surface area contributed by atoms with Crippen LogP contribution in [0, 0.1) is 0 Å². The first kappa shape index (κ1) is 28.0. The fraction of sp³-hybridized carbons (Fsp3) is 0.143. The molecule has 0 radical (unpaired) electrons. The number of benzene rings is 3. The zero-order valence-electron chi connectivity index (χ0n) is 20.8. The Hall–Kier alpha value is -5.00. The molecule has 3 aromatic carbocycles. The summed E-state index contributed by atoms with van der Waals surface area (Å²) in [5.74, 6) is -0.986. The van der Waals surface area contributed by atoms with E-state index in [2.05, 4.69) is 20.4 Å². The summed E-state index contributed by atoms with van der Waals surface area (Å²) in [5.41, 5.74) is 2.26. The van der Waals surface area contributed by atoms with Gasteiger partial charge >= 0.3 is 5.97 Å². The number of aromatic nitrogens is 4. The van der Waals surface area contributed by atoms with Gasteiger partial charge in [-0.1, -0.05) is 60.7 Å². The number of carbonyl (C=O) groups excluding carboxylic acids is 1. The zero-order valence-corrected chi connectivity index (χ0v) is 20.8. The topological polar surface area (TPSA) is 113 Å². The standard InChI is InChI=1S/C19H15F2N5O.C9H8F2O2/c20-18(21)14-6-2-1-5-12(14)9-17(27)23-13-10-22-26(11-13)19-24-15-7-3-4-8-16(15)25-19;10-9(11)7-4-2-1-3-6(7)5-8(12)13/h1-8,10-11,18H,9H2,(H,23,27)(H,24,25);1-4,9H,5H2,(H,12,13). The van der Waals surface area contributed by atoms with Crippen molar-refractivity contribution in [1.82, 2.24) is 19.7 Å². The summed E-state index contributed by atoms with van der Waals surface area (Å²) >= 11 is 0. The molecule has 2 aromatic heterocycles. The van der Waals surface area contributed by atoms with E-state index in [0.717, 1.165) is 11.0 Å². The Morgan fingerprint density at radius 1 is 0.850 bits per heavy atom. The third-order valence-corrected chi connectivity index (χ3v) is 5.73. The molecule has 206 valence electrons. The number of imidazole rings is 1. The van der Waals surface area contributed by atoms with Crippen LogP contribution in [0.5, 0.6) is 0 Å². The number of aromatic amines is 1. The number of anilines is 1. The van der Waals surface area contributed by atoms with Crippen molar-refractivity contribution in [3.8, 4) is 5.95 Å². The second-order valence-corrected chi connectivity index (χ2v) is 8.55. The maximum atomic E-state index is 13.0. The highest BCUT2D eigenvalue weighted by atomic mass is 19.3. The first-order valence-corrected chi connectivity index (χ1v) is 11.9. The Morgan fingerprint density at radius 3 is 2.02 bits per heavy atom. The Labute approximate surface area is 225 Å². The fourth-order valence-corrected chi connectivity index (χ4v) is 3.91. The average molecular weight is 554 g/mol. The smallest absolute Gasteiger partial charge is 0.307 e. The van der Waals surface area contributed by atoms with Gasteiger partial charge < -0.3 is 15.4 Å². The summed E-state index contributed by atoms with van der Waals surface area (Å²) in [7, 11) is 0. The number of H-pyrrole nitrogens is 1. The van der Waals surface area contributed by atoms with Crippen molar-refractivity contribution in [3.05, 3.63) is 107 Å². The molecule has 0 spiro atoms. The number of carboxylic acid groups (broad SMARTS) is 1. The lowest BCUT2D eigenvalue weighted by Gasteiger charge is -2.08. The number of fused-ring (bicyclic) bond motifs is 1. The molecule has 5 rings (SSSR count). The summed E-state index contributed by atoms with van der Waals surface area (Å²) < 4.78 is 52.1. The van der Waals surface area contributed by atoms with E-state index in [0.29, 0.717) is 17.2 Å². The molecule has 0 saturated heterocycles. The number of carboxylic acids is 1. The van der Waals surface area contributed by atoms with Gasteiger partial charge in [-0.15, -0.1) is 0 Å². The summed E-state index contributed by atoms with van der Waals surface area (Å²) in [6, 6.07) is 19.2. The lowest BCUT2D eigenvalue weighted by atomic mass is 10.0. The Morgan fingerprint density at radius 2 is 1.43 bits per heavy atom. The molecule has 0 aliphatic rings. The fourth-order valence-electron chi connectivity index (χ4n) is 3.91. The number of rotatable bonds is 8. The minimum absolute atomic E-state index is 0.134. The molecule has 0 saturated carbocycles. The second-order valence-electron chi connectivity index (χ2n) is 8.55. The lowest BCUT2D eigenvalue weighted by molar-refractivity contribution is -0.136. The minimum Gasteiger partial charge on any atom is -0.481 e. The number of aliphatic carboxylic acids is 1. The molecule has 5 aromatic rings. The molecular formula is C28H23F4N5O3. The highest BCUT2D eigenvalue weighted by Gasteiger charge is 2.16. The number of carbonyl (C=O) groups is 2. The zero-order chi connectivity index (χ0) is 28.6. The molecule has 0 aliphatic heterocycles. The van der Waals surface area contributed by atoms with Crippen LogP contribution >= 0.6 is 0 Å². The summed E-state index contributed by atoms with van der Waals surface area (Å²) in [6.07, 6.45) is -2.66. The van der Waals surface area contributed by atoms with E-state index in [1.165, 1.54) is 47.3 Å². The number of nitrogens with zero attached hydrogens (tertiary/aromatic N) is 3. The van der Waals surface area contributed by atoms with Gasteiger partial charge in [0.2, 0.25) is 11.9 Å². The molecule has 3 N–H and O–H groups in total. The van der Waals surface area contributed by atoms with Gasteiger partial charge in [-0.05, 0) is 23.3 Å². The van der Waals surface area contributed by atoms with Crippen LogP contribution in [-0.4, -0.2) is 36.7 Å². The number of para-hydroxylation sites is 2. The molecule has 0 bridgehead atoms. The van der Waals surface area contributed by atoms with Crippen LogP contribution in [0.3, 0.4) is 0 Å². The largest absolute Gasteiger partial charge is 0.481 e. The number of halogens is 4. The second kappa shape index (κ2) is 12.7. The number of hydrogen-bond donors (Lipinski definition) is 3. The van der Waals surface area contributed by atoms with Gasteiger partial charge in [0.1, 0.15) is 0 Å². The van der Waals surface area contributed by atoms with Crippen molar-refractivity contribution in [2.24, 2.45) is 0 Å². The van der Waals surface area contributed by atoms with Gasteiger partial charge in [0, 0.05) is 11.1 Å². The maximum Gasteiger partial charge on any atom is 0.307 e. The SMILES string of the molecule is O=C(Cc1ccccc1C(F)F)Nc1cnn(-c2nc3ccccc3[nH]2)c1.O=C(O)Cc1ccccc1C(F)F. The summed E-state index contributed by atoms with van der Waals surface area (Å²) in [6.45, 7) is 0. The average Bonchev–Trinajstić information content (AvgIpc) is 3.56. The molecule has 0 fully saturated rings. The number of hydrogen-bond acceptors (Lipinski definition) is 4. The Bertz CT molecular complexity index is 1580. The van der Waals surface area contributed by atoms with Crippen molar-refractivity contribution in [2.75, 3.05) is 5.32 Å². The molecular weight excluding hydrogens is 530 g/mol. The van der Waals surface area contributed by atoms with E-state index in [1.807, 2.05) is 24.3 Å². The highest BCUT2D eigenvalue weighted by molar-refractivity contribution is 5.92. The van der Waals surface area contributed by atoms with Crippen LogP contribution < -0.4 is 5.32 Å². The van der Waals surface area contributed by atoms with Crippen LogP contribution in [-0.2, 0) is 22.4 Å². The van der Waals surface area contributed by atoms with Crippen molar-refractivity contribution in [2.45, 2.75) is 25.7 Å². The normalized spacial score (nSPS) is 10.9. The minimum atomic E-state index is -2.62. The van der Waals surface area contributed by atoms with E-state index < -0.39 is 24.7 Å². The third kappa shape index (κ3) is 7.10. The molecule has 8 nitrogen and oxygen atoms in total. The van der Waals surface area contributed by atoms with Gasteiger partial charge in [0.15, 0.2) is 0 Å². The van der Waals surface area contributed by atoms with Gasteiger partial charge in [0.05, 0.1) is 42.0 Å². The lowest BCUT2D eigenvalue weighted by Crippen LogP contribution is -2.15. The van der Waals surface area contributed by atoms with Gasteiger partial charge in [-0.25, -0.2) is 27.2 Å². The van der Waals surface area contributed by atoms with Gasteiger partial charge in [-0.2, -0.15) is 5.10 Å². The monoisotopic (exact) mass is 553 g/mol. The quantitative estimate of drug-likeness (QED) is 0.201. The Kier molecular flexibility index (Phi) is 8.89. The van der Waals surface area contributed by atoms with Gasteiger partial charge in [0.25, 0.3) is 12.9 Å². The van der Waals surface area contributed by atoms with Crippen molar-refractivity contribution >= 4 is 28.6 Å². The highest BCUT2D eigenvalue weighted by Crippen LogP contribution is 2.24. The molecule has 0 atom stereocenters. The van der Waals surface area contributed by atoms with E-state index in [-0.39, 0.29) is 29.5 Å². The van der Waals surface area contributed by atoms with Crippen LogP contribution in [0.1, 0.15) is 35.1 Å². The van der Waals surface area contributed by atoms with Crippen LogP contribution in [0.4, 0.5) is 23.2 Å². The molecule has 0 unspecified atom stereocenters. The van der Waals surface area contributed by atoms with E-state index in [4.69, 9.17) is 5.11 Å². The van der Waals surface area contributed by atoms with Crippen molar-refractivity contribution in [1.29, 1.82) is 0 Å². The predicted octanol–water partition coefficient (Wildman–Crippen LogP) is 6.12. The molecule has 40 heavy (non-hydrogen) atoms. The van der Waals surface area contributed by atoms with Crippen LogP contribution in [0.2, 0.25) is 0 Å². The van der Waals surface area contributed by atoms with E-state index >= 15 is 0 Å². The third-order valence-electron chi connectivity index (χ3n) is 5.73. The molecule has 1 amide bonds. The van der Waals surface area contributed by atoms with Crippen LogP contribution in [0.15, 0.2) is 85.2 Å². The number of amides is 1. The van der Waals surface area contributed by atoms with Gasteiger partial charge in [-0.3, -0.25) is 9.59 Å². The molecule has 2 heterocycles. The summed E-state index contributed by atoms with van der Waals surface area (Å²) in [5, 5.41) is 15.3. The van der Waals surface area contributed by atoms with E-state index in [1.54, 1.807) is 18.3 Å². The number of alkyl halides is 4. The Balaban J connectivity index is 0.000000240. The first-order chi connectivity index (χ1) is 19.2. The maximum absolute atomic E-state index is 13.0. The van der Waals surface area contributed by atoms with Crippen LogP contribution in [0.25, 0.3) is 17.0 Å². The first-order valence-electron chi connectivity index (χ1n) is 11.9. The predicted molar refractivity (Wildman–Crippen MR) is 140 cm³/mol. The molecule has 0 aliphatic carbocycles. The summed E-state index contributed by atoms with van der Waals surface area (Å²) in [4.78, 5) is 30.1. The van der Waals surface area contributed by atoms with E-state index in [9.17, 15) is 27.2 Å². The molecule has 12 heteroatoms.